The molecule has 0 amide bonds. The van der Waals surface area contributed by atoms with E-state index in [0.29, 0.717) is 31.0 Å². The van der Waals surface area contributed by atoms with Crippen molar-refractivity contribution in [1.82, 2.24) is 0 Å². The zero-order chi connectivity index (χ0) is 29.8. The highest BCUT2D eigenvalue weighted by atomic mass is 32.2. The summed E-state index contributed by atoms with van der Waals surface area (Å²) in [5, 5.41) is 1.80. The summed E-state index contributed by atoms with van der Waals surface area (Å²) >= 11 is 3.12. The van der Waals surface area contributed by atoms with Crippen molar-refractivity contribution < 1.29 is 40.0 Å². The third-order valence-electron chi connectivity index (χ3n) is 6.46. The average molecular weight is 641 g/mol. The molecule has 0 saturated carbocycles. The molecule has 1 N–H and O–H groups in total. The van der Waals surface area contributed by atoms with E-state index in [1.807, 2.05) is 52.8 Å². The van der Waals surface area contributed by atoms with Crippen LogP contribution in [0.4, 0.5) is 5.69 Å². The SMILES string of the molecule is CCC(=Cc1sc2ccc(OC)cc2[n+]1CCCS(=O)(=O)[O-])C=C1Sc2ccc(OC)cc2N1CCCS(=O)(=O)O. The van der Waals surface area contributed by atoms with Gasteiger partial charge in [-0.2, -0.15) is 13.0 Å². The third kappa shape index (κ3) is 8.23. The van der Waals surface area contributed by atoms with Crippen LogP contribution in [0.3, 0.4) is 0 Å². The van der Waals surface area contributed by atoms with Gasteiger partial charge in [0.25, 0.3) is 15.1 Å². The van der Waals surface area contributed by atoms with Gasteiger partial charge in [0.05, 0.1) is 46.9 Å². The molecule has 0 unspecified atom stereocenters. The minimum atomic E-state index is -4.33. The van der Waals surface area contributed by atoms with Gasteiger partial charge in [-0.25, -0.2) is 8.42 Å². The van der Waals surface area contributed by atoms with Crippen molar-refractivity contribution in [2.75, 3.05) is 37.2 Å². The van der Waals surface area contributed by atoms with Gasteiger partial charge in [-0.05, 0) is 48.8 Å². The topological polar surface area (TPSA) is 137 Å². The number of aryl methyl sites for hydroxylation is 1. The normalized spacial score (nSPS) is 15.1. The number of ether oxygens (including phenoxy) is 2. The minimum absolute atomic E-state index is 0.178. The second-order valence-electron chi connectivity index (χ2n) is 9.32. The largest absolute Gasteiger partial charge is 0.748 e. The van der Waals surface area contributed by atoms with Crippen LogP contribution < -0.4 is 18.9 Å². The number of thioether (sulfide) groups is 1. The molecule has 0 radical (unpaired) electrons. The first-order valence-corrected chi connectivity index (χ1v) is 17.7. The lowest BCUT2D eigenvalue weighted by molar-refractivity contribution is -0.668. The first-order chi connectivity index (χ1) is 19.4. The fourth-order valence-corrected chi connectivity index (χ4v) is 7.73. The van der Waals surface area contributed by atoms with Crippen LogP contribution in [0, 0.1) is 0 Å². The number of methoxy groups -OCH3 is 2. The van der Waals surface area contributed by atoms with Crippen molar-refractivity contribution in [2.45, 2.75) is 37.6 Å². The van der Waals surface area contributed by atoms with Crippen LogP contribution in [0.15, 0.2) is 58.0 Å². The summed E-state index contributed by atoms with van der Waals surface area (Å²) in [6.45, 7) is 2.75. The van der Waals surface area contributed by atoms with E-state index in [9.17, 15) is 25.9 Å². The summed E-state index contributed by atoms with van der Waals surface area (Å²) in [7, 11) is -5.25. The van der Waals surface area contributed by atoms with Gasteiger partial charge in [-0.3, -0.25) is 4.55 Å². The predicted molar refractivity (Wildman–Crippen MR) is 161 cm³/mol. The molecule has 3 aromatic rings. The van der Waals surface area contributed by atoms with Crippen LogP contribution in [-0.2, 0) is 26.8 Å². The Bertz CT molecular complexity index is 1700. The van der Waals surface area contributed by atoms with Gasteiger partial charge in [0.1, 0.15) is 16.2 Å². The summed E-state index contributed by atoms with van der Waals surface area (Å²) < 4.78 is 79.6. The number of thiazole rings is 1. The number of anilines is 1. The molecule has 0 spiro atoms. The Labute approximate surface area is 248 Å². The van der Waals surface area contributed by atoms with Gasteiger partial charge in [0.2, 0.25) is 5.52 Å². The first kappa shape index (κ1) is 31.3. The standard InChI is InChI=1S/C27H32N2O8S4/c1-4-19(15-26-28(11-5-13-40(30,31)32)22-17-20(36-2)7-9-24(22)38-26)16-27-29(12-6-14-41(33,34)35)23-18-21(37-3)8-10-25(23)39-27/h7-10,15-18H,4-6,11-14H2,1-3H3,(H-,30,31,32,33,34,35). The monoisotopic (exact) mass is 640 g/mol. The minimum Gasteiger partial charge on any atom is -0.748 e. The van der Waals surface area contributed by atoms with E-state index >= 15 is 0 Å². The molecule has 4 rings (SSSR count). The number of allylic oxidation sites excluding steroid dienone is 2. The molecule has 1 aliphatic heterocycles. The van der Waals surface area contributed by atoms with Crippen LogP contribution in [0.2, 0.25) is 0 Å². The molecule has 1 aliphatic rings. The molecule has 2 heterocycles. The van der Waals surface area contributed by atoms with Crippen molar-refractivity contribution in [3.05, 3.63) is 58.1 Å². The number of fused-ring (bicyclic) bond motifs is 2. The highest BCUT2D eigenvalue weighted by Gasteiger charge is 2.27. The summed E-state index contributed by atoms with van der Waals surface area (Å²) in [4.78, 5) is 3.03. The van der Waals surface area contributed by atoms with E-state index in [2.05, 4.69) is 12.2 Å². The van der Waals surface area contributed by atoms with Gasteiger partial charge < -0.3 is 18.9 Å². The Morgan fingerprint density at radius 2 is 1.76 bits per heavy atom. The molecule has 0 fully saturated rings. The summed E-state index contributed by atoms with van der Waals surface area (Å²) in [6, 6.07) is 11.5. The number of hydrogen-bond donors (Lipinski definition) is 1. The van der Waals surface area contributed by atoms with Crippen molar-refractivity contribution in [3.63, 3.8) is 0 Å². The van der Waals surface area contributed by atoms with Gasteiger partial charge in [-0.1, -0.05) is 30.0 Å². The Morgan fingerprint density at radius 3 is 2.41 bits per heavy atom. The maximum atomic E-state index is 11.4. The van der Waals surface area contributed by atoms with Crippen molar-refractivity contribution in [2.24, 2.45) is 0 Å². The van der Waals surface area contributed by atoms with Crippen LogP contribution in [0.5, 0.6) is 11.5 Å². The Balaban J connectivity index is 1.73. The Hall–Kier alpha value is -2.62. The zero-order valence-electron chi connectivity index (χ0n) is 22.9. The molecule has 10 nitrogen and oxygen atoms in total. The number of rotatable bonds is 13. The molecule has 1 aromatic heterocycles. The Morgan fingerprint density at radius 1 is 1.05 bits per heavy atom. The molecule has 0 aliphatic carbocycles. The highest BCUT2D eigenvalue weighted by Crippen LogP contribution is 2.48. The second kappa shape index (κ2) is 13.1. The Kier molecular flexibility index (Phi) is 10.0. The molecule has 0 saturated heterocycles. The van der Waals surface area contributed by atoms with E-state index in [4.69, 9.17) is 9.47 Å². The molecular formula is C27H32N2O8S4. The van der Waals surface area contributed by atoms with E-state index in [0.717, 1.165) is 36.4 Å². The lowest BCUT2D eigenvalue weighted by Crippen LogP contribution is -2.36. The van der Waals surface area contributed by atoms with Crippen molar-refractivity contribution >= 4 is 65.3 Å². The van der Waals surface area contributed by atoms with Gasteiger partial charge in [-0.15, -0.1) is 0 Å². The molecule has 41 heavy (non-hydrogen) atoms. The van der Waals surface area contributed by atoms with Crippen LogP contribution in [0.25, 0.3) is 16.3 Å². The van der Waals surface area contributed by atoms with Crippen LogP contribution >= 0.6 is 23.1 Å². The molecule has 222 valence electrons. The summed E-state index contributed by atoms with van der Waals surface area (Å²) in [5.74, 6) is 0.552. The fourth-order valence-electron chi connectivity index (χ4n) is 4.46. The smallest absolute Gasteiger partial charge is 0.264 e. The van der Waals surface area contributed by atoms with E-state index < -0.39 is 26.0 Å². The predicted octanol–water partition coefficient (Wildman–Crippen LogP) is 4.67. The number of nitrogens with zero attached hydrogens (tertiary/aromatic N) is 2. The van der Waals surface area contributed by atoms with E-state index in [1.54, 1.807) is 37.3 Å². The maximum absolute atomic E-state index is 11.4. The van der Waals surface area contributed by atoms with Gasteiger partial charge in [0, 0.05) is 35.8 Å². The van der Waals surface area contributed by atoms with Crippen molar-refractivity contribution in [1.29, 1.82) is 0 Å². The molecule has 2 aromatic carbocycles. The third-order valence-corrected chi connectivity index (χ3v) is 10.3. The van der Waals surface area contributed by atoms with Gasteiger partial charge >= 0.3 is 0 Å². The van der Waals surface area contributed by atoms with Crippen LogP contribution in [-0.4, -0.2) is 58.2 Å². The van der Waals surface area contributed by atoms with Gasteiger partial charge in [0.15, 0.2) is 6.54 Å². The summed E-state index contributed by atoms with van der Waals surface area (Å²) in [5.41, 5.74) is 2.78. The maximum Gasteiger partial charge on any atom is 0.264 e. The summed E-state index contributed by atoms with van der Waals surface area (Å²) in [6.07, 6.45) is 5.21. The molecule has 0 bridgehead atoms. The number of benzene rings is 2. The average Bonchev–Trinajstić information content (AvgIpc) is 3.43. The van der Waals surface area contributed by atoms with E-state index in [-0.39, 0.29) is 18.6 Å². The fraction of sp³-hybridized carbons (Fsp3) is 0.370. The molecule has 14 heteroatoms. The van der Waals surface area contributed by atoms with E-state index in [1.165, 1.54) is 0 Å². The quantitative estimate of drug-likeness (QED) is 0.207. The number of hydrogen-bond acceptors (Lipinski definition) is 10. The highest BCUT2D eigenvalue weighted by molar-refractivity contribution is 8.03. The molecule has 0 atom stereocenters. The zero-order valence-corrected chi connectivity index (χ0v) is 26.2. The number of aromatic nitrogens is 1. The molecular weight excluding hydrogens is 609 g/mol. The van der Waals surface area contributed by atoms with Crippen LogP contribution in [0.1, 0.15) is 31.2 Å². The lowest BCUT2D eigenvalue weighted by Gasteiger charge is -2.21. The first-order valence-electron chi connectivity index (χ1n) is 12.9. The lowest BCUT2D eigenvalue weighted by atomic mass is 10.2. The second-order valence-corrected chi connectivity index (χ2v) is 14.5. The van der Waals surface area contributed by atoms with Crippen molar-refractivity contribution in [3.8, 4) is 11.5 Å².